The van der Waals surface area contributed by atoms with Gasteiger partial charge in [0.1, 0.15) is 0 Å². The first-order valence-electron chi connectivity index (χ1n) is 6.42. The number of amides is 1. The minimum atomic E-state index is -0.0242. The number of fused-ring (bicyclic) bond motifs is 1. The van der Waals surface area contributed by atoms with Gasteiger partial charge in [0.2, 0.25) is 5.91 Å². The van der Waals surface area contributed by atoms with Gasteiger partial charge in [-0.25, -0.2) is 0 Å². The molecule has 5 heteroatoms. The van der Waals surface area contributed by atoms with Crippen LogP contribution >= 0.6 is 0 Å². The lowest BCUT2D eigenvalue weighted by Gasteiger charge is -2.04. The van der Waals surface area contributed by atoms with Gasteiger partial charge in [-0.3, -0.25) is 9.20 Å². The normalized spacial score (nSPS) is 10.6. The molecule has 0 atom stereocenters. The summed E-state index contributed by atoms with van der Waals surface area (Å²) in [5.74, 6) is 0.700. The highest BCUT2D eigenvalue weighted by molar-refractivity contribution is 5.78. The van der Waals surface area contributed by atoms with E-state index in [1.165, 1.54) is 0 Å². The topological polar surface area (TPSA) is 59.3 Å². The minimum absolute atomic E-state index is 0.0242. The predicted octanol–water partition coefficient (Wildman–Crippen LogP) is 1.59. The number of pyridine rings is 1. The Bertz CT molecular complexity index is 721. The van der Waals surface area contributed by atoms with Crippen LogP contribution in [0.3, 0.4) is 0 Å². The lowest BCUT2D eigenvalue weighted by molar-refractivity contribution is -0.120. The molecule has 1 aromatic carbocycles. The van der Waals surface area contributed by atoms with E-state index >= 15 is 0 Å². The van der Waals surface area contributed by atoms with Crippen LogP contribution < -0.4 is 5.32 Å². The molecule has 0 aliphatic carbocycles. The summed E-state index contributed by atoms with van der Waals surface area (Å²) in [4.78, 5) is 11.9. The number of benzene rings is 1. The lowest BCUT2D eigenvalue weighted by Crippen LogP contribution is -2.25. The highest BCUT2D eigenvalue weighted by Crippen LogP contribution is 2.03. The van der Waals surface area contributed by atoms with Gasteiger partial charge in [-0.2, -0.15) is 0 Å². The molecular weight excluding hydrogens is 252 g/mol. The molecule has 0 aliphatic rings. The second-order valence-electron chi connectivity index (χ2n) is 4.48. The quantitative estimate of drug-likeness (QED) is 0.780. The van der Waals surface area contributed by atoms with Gasteiger partial charge in [-0.1, -0.05) is 36.4 Å². The van der Waals surface area contributed by atoms with Crippen molar-refractivity contribution in [1.82, 2.24) is 19.9 Å². The molecule has 1 N–H and O–H groups in total. The Labute approximate surface area is 116 Å². The van der Waals surface area contributed by atoms with Crippen LogP contribution in [0, 0.1) is 0 Å². The Morgan fingerprint density at radius 2 is 1.85 bits per heavy atom. The van der Waals surface area contributed by atoms with Crippen molar-refractivity contribution in [1.29, 1.82) is 0 Å². The van der Waals surface area contributed by atoms with Crippen LogP contribution in [0.5, 0.6) is 0 Å². The second-order valence-corrected chi connectivity index (χ2v) is 4.48. The zero-order valence-corrected chi connectivity index (χ0v) is 10.9. The van der Waals surface area contributed by atoms with Crippen molar-refractivity contribution in [2.45, 2.75) is 13.0 Å². The van der Waals surface area contributed by atoms with E-state index in [-0.39, 0.29) is 5.91 Å². The molecule has 0 spiro atoms. The SMILES string of the molecule is O=C(Cc1ccccc1)NCc1nnc2ccccn12. The average molecular weight is 266 g/mol. The summed E-state index contributed by atoms with van der Waals surface area (Å²) >= 11 is 0. The molecule has 0 radical (unpaired) electrons. The maximum Gasteiger partial charge on any atom is 0.224 e. The summed E-state index contributed by atoms with van der Waals surface area (Å²) in [5.41, 5.74) is 1.77. The smallest absolute Gasteiger partial charge is 0.224 e. The molecule has 1 amide bonds. The maximum absolute atomic E-state index is 11.9. The van der Waals surface area contributed by atoms with Gasteiger partial charge < -0.3 is 5.32 Å². The molecule has 100 valence electrons. The van der Waals surface area contributed by atoms with Crippen LogP contribution in [0.2, 0.25) is 0 Å². The maximum atomic E-state index is 11.9. The molecule has 0 aliphatic heterocycles. The molecule has 0 saturated carbocycles. The molecule has 0 fully saturated rings. The molecule has 2 aromatic heterocycles. The van der Waals surface area contributed by atoms with Gasteiger partial charge >= 0.3 is 0 Å². The van der Waals surface area contributed by atoms with Crippen LogP contribution in [0.4, 0.5) is 0 Å². The van der Waals surface area contributed by atoms with E-state index < -0.39 is 0 Å². The Balaban J connectivity index is 1.63. The molecule has 20 heavy (non-hydrogen) atoms. The zero-order valence-electron chi connectivity index (χ0n) is 10.9. The van der Waals surface area contributed by atoms with E-state index in [9.17, 15) is 4.79 Å². The molecule has 3 rings (SSSR count). The highest BCUT2D eigenvalue weighted by atomic mass is 16.1. The number of aromatic nitrogens is 3. The van der Waals surface area contributed by atoms with Crippen molar-refractivity contribution >= 4 is 11.6 Å². The Kier molecular flexibility index (Phi) is 3.41. The van der Waals surface area contributed by atoms with Crippen LogP contribution in [0.15, 0.2) is 54.7 Å². The van der Waals surface area contributed by atoms with Crippen LogP contribution in [-0.4, -0.2) is 20.5 Å². The van der Waals surface area contributed by atoms with Crippen molar-refractivity contribution in [3.05, 3.63) is 66.1 Å². The standard InChI is InChI=1S/C15H14N4O/c20-15(10-12-6-2-1-3-7-12)16-11-14-18-17-13-8-4-5-9-19(13)14/h1-9H,10-11H2,(H,16,20). The molecule has 3 aromatic rings. The summed E-state index contributed by atoms with van der Waals surface area (Å²) in [6.07, 6.45) is 2.26. The number of carbonyl (C=O) groups excluding carboxylic acids is 1. The van der Waals surface area contributed by atoms with Crippen molar-refractivity contribution < 1.29 is 4.79 Å². The van der Waals surface area contributed by atoms with Crippen molar-refractivity contribution in [3.63, 3.8) is 0 Å². The molecule has 2 heterocycles. The fourth-order valence-corrected chi connectivity index (χ4v) is 2.03. The Hall–Kier alpha value is -2.69. The molecule has 0 unspecified atom stereocenters. The van der Waals surface area contributed by atoms with E-state index in [0.717, 1.165) is 17.0 Å². The third kappa shape index (κ3) is 2.66. The molecule has 0 saturated heterocycles. The Morgan fingerprint density at radius 1 is 1.05 bits per heavy atom. The highest BCUT2D eigenvalue weighted by Gasteiger charge is 2.07. The largest absolute Gasteiger partial charge is 0.348 e. The van der Waals surface area contributed by atoms with Gasteiger partial charge in [0, 0.05) is 6.20 Å². The number of rotatable bonds is 4. The monoisotopic (exact) mass is 266 g/mol. The van der Waals surface area contributed by atoms with E-state index in [4.69, 9.17) is 0 Å². The summed E-state index contributed by atoms with van der Waals surface area (Å²) in [6, 6.07) is 15.3. The summed E-state index contributed by atoms with van der Waals surface area (Å²) in [6.45, 7) is 0.372. The predicted molar refractivity (Wildman–Crippen MR) is 75.0 cm³/mol. The van der Waals surface area contributed by atoms with Gasteiger partial charge in [0.05, 0.1) is 13.0 Å². The van der Waals surface area contributed by atoms with Gasteiger partial charge in [0.25, 0.3) is 0 Å². The van der Waals surface area contributed by atoms with Crippen molar-refractivity contribution in [2.24, 2.45) is 0 Å². The first-order valence-corrected chi connectivity index (χ1v) is 6.42. The van der Waals surface area contributed by atoms with E-state index in [0.29, 0.717) is 13.0 Å². The fraction of sp³-hybridized carbons (Fsp3) is 0.133. The zero-order chi connectivity index (χ0) is 13.8. The molecule has 0 bridgehead atoms. The van der Waals surface area contributed by atoms with E-state index in [1.54, 1.807) is 0 Å². The third-order valence-corrected chi connectivity index (χ3v) is 3.04. The molecule has 5 nitrogen and oxygen atoms in total. The number of hydrogen-bond donors (Lipinski definition) is 1. The van der Waals surface area contributed by atoms with Crippen molar-refractivity contribution in [3.8, 4) is 0 Å². The van der Waals surface area contributed by atoms with Crippen LogP contribution in [0.25, 0.3) is 5.65 Å². The lowest BCUT2D eigenvalue weighted by atomic mass is 10.1. The summed E-state index contributed by atoms with van der Waals surface area (Å²) in [5, 5.41) is 11.0. The summed E-state index contributed by atoms with van der Waals surface area (Å²) < 4.78 is 1.86. The average Bonchev–Trinajstić information content (AvgIpc) is 2.89. The van der Waals surface area contributed by atoms with Gasteiger partial charge in [0.15, 0.2) is 11.5 Å². The van der Waals surface area contributed by atoms with Crippen LogP contribution in [-0.2, 0) is 17.8 Å². The van der Waals surface area contributed by atoms with E-state index in [1.807, 2.05) is 59.1 Å². The second kappa shape index (κ2) is 5.52. The number of nitrogens with zero attached hydrogens (tertiary/aromatic N) is 3. The first-order chi connectivity index (χ1) is 9.83. The fourth-order valence-electron chi connectivity index (χ4n) is 2.03. The Morgan fingerprint density at radius 3 is 2.70 bits per heavy atom. The minimum Gasteiger partial charge on any atom is -0.348 e. The van der Waals surface area contributed by atoms with Gasteiger partial charge in [-0.15, -0.1) is 10.2 Å². The van der Waals surface area contributed by atoms with Crippen molar-refractivity contribution in [2.75, 3.05) is 0 Å². The number of nitrogens with one attached hydrogen (secondary N) is 1. The third-order valence-electron chi connectivity index (χ3n) is 3.04. The number of hydrogen-bond acceptors (Lipinski definition) is 3. The summed E-state index contributed by atoms with van der Waals surface area (Å²) in [7, 11) is 0. The van der Waals surface area contributed by atoms with E-state index in [2.05, 4.69) is 15.5 Å². The van der Waals surface area contributed by atoms with Gasteiger partial charge in [-0.05, 0) is 17.7 Å². The first kappa shape index (κ1) is 12.3. The number of carbonyl (C=O) groups is 1. The molecular formula is C15H14N4O. The van der Waals surface area contributed by atoms with Crippen LogP contribution in [0.1, 0.15) is 11.4 Å².